The van der Waals surface area contributed by atoms with Crippen LogP contribution in [0.4, 0.5) is 5.69 Å². The quantitative estimate of drug-likeness (QED) is 0.517. The van der Waals surface area contributed by atoms with Crippen LogP contribution in [0.1, 0.15) is 48.5 Å². The molecule has 2 aromatic rings. The number of rotatable bonds is 9. The van der Waals surface area contributed by atoms with Crippen molar-refractivity contribution in [2.75, 3.05) is 38.0 Å². The number of nitrogens with zero attached hydrogens (tertiary/aromatic N) is 3. The van der Waals surface area contributed by atoms with E-state index in [1.165, 1.54) is 19.8 Å². The van der Waals surface area contributed by atoms with E-state index in [9.17, 15) is 18.3 Å². The van der Waals surface area contributed by atoms with Crippen LogP contribution in [0.15, 0.2) is 27.6 Å². The molecule has 1 saturated carbocycles. The number of aromatic nitrogens is 1. The third-order valence-corrected chi connectivity index (χ3v) is 8.54. The smallest absolute Gasteiger partial charge is 0.267 e. The van der Waals surface area contributed by atoms with Gasteiger partial charge in [-0.3, -0.25) is 9.52 Å². The number of nitrogens with one attached hydrogen (secondary N) is 1. The molecule has 1 aliphatic heterocycles. The van der Waals surface area contributed by atoms with Crippen LogP contribution >= 0.6 is 0 Å². The Hall–Kier alpha value is -2.63. The van der Waals surface area contributed by atoms with Crippen LogP contribution in [0.25, 0.3) is 0 Å². The first-order chi connectivity index (χ1) is 17.0. The molecule has 1 fully saturated rings. The Kier molecular flexibility index (Phi) is 7.63. The molecule has 1 aromatic heterocycles. The molecule has 36 heavy (non-hydrogen) atoms. The predicted octanol–water partition coefficient (Wildman–Crippen LogP) is 2.65. The number of anilines is 1. The minimum Gasteiger partial charge on any atom is -0.486 e. The Bertz CT molecular complexity index is 1190. The summed E-state index contributed by atoms with van der Waals surface area (Å²) < 4.78 is 40.7. The molecular weight excluding hydrogens is 484 g/mol. The number of likely N-dealkylation sites (N-methyl/N-ethyl adjacent to an activating group) is 1. The monoisotopic (exact) mass is 520 g/mol. The fraction of sp³-hybridized carbons (Fsp3) is 0.600. The molecule has 2 heterocycles. The van der Waals surface area contributed by atoms with Gasteiger partial charge in [0.2, 0.25) is 0 Å². The maximum atomic E-state index is 13.6. The number of benzene rings is 1. The van der Waals surface area contributed by atoms with Gasteiger partial charge in [-0.15, -0.1) is 0 Å². The maximum absolute atomic E-state index is 13.6. The van der Waals surface area contributed by atoms with E-state index >= 15 is 0 Å². The van der Waals surface area contributed by atoms with Crippen LogP contribution in [0.5, 0.6) is 5.75 Å². The van der Waals surface area contributed by atoms with Crippen LogP contribution < -0.4 is 9.46 Å². The third kappa shape index (κ3) is 5.52. The van der Waals surface area contributed by atoms with E-state index in [0.29, 0.717) is 19.0 Å². The maximum Gasteiger partial charge on any atom is 0.267 e. The van der Waals surface area contributed by atoms with Crippen molar-refractivity contribution in [3.63, 3.8) is 0 Å². The lowest BCUT2D eigenvalue weighted by Gasteiger charge is -2.38. The standard InChI is InChI=1S/C25H36N4O6S/c1-15-11-29(16(2)14-30)25(31)20-7-6-8-21(27-36(32,33)24-17(3)26-35-18(24)4)23(20)34-22(15)13-28(5)12-19-9-10-19/h6-8,15-16,19,22,27,30H,9-14H2,1-5H3/t15-,16-,22-/m1/s1. The van der Waals surface area contributed by atoms with Crippen molar-refractivity contribution in [2.45, 2.75) is 57.6 Å². The summed E-state index contributed by atoms with van der Waals surface area (Å²) in [6, 6.07) is 4.42. The molecule has 0 bridgehead atoms. The van der Waals surface area contributed by atoms with Crippen molar-refractivity contribution in [1.29, 1.82) is 0 Å². The van der Waals surface area contributed by atoms with Crippen molar-refractivity contribution >= 4 is 21.6 Å². The first-order valence-corrected chi connectivity index (χ1v) is 13.9. The first kappa shape index (κ1) is 26.4. The summed E-state index contributed by atoms with van der Waals surface area (Å²) in [5.74, 6) is 0.680. The highest BCUT2D eigenvalue weighted by Gasteiger charge is 2.36. The molecule has 1 aromatic carbocycles. The predicted molar refractivity (Wildman–Crippen MR) is 135 cm³/mol. The molecule has 11 heteroatoms. The lowest BCUT2D eigenvalue weighted by atomic mass is 9.99. The SMILES string of the molecule is Cc1noc(C)c1S(=O)(=O)Nc1cccc2c1O[C@H](CN(C)CC1CC1)[C@H](C)CN([C@H](C)CO)C2=O. The van der Waals surface area contributed by atoms with Crippen LogP contribution in [-0.4, -0.2) is 79.8 Å². The van der Waals surface area contributed by atoms with Crippen LogP contribution in [0.2, 0.25) is 0 Å². The Labute approximate surface area is 212 Å². The average Bonchev–Trinajstić information content (AvgIpc) is 3.56. The molecule has 2 aliphatic rings. The number of hydrogen-bond acceptors (Lipinski definition) is 8. The van der Waals surface area contributed by atoms with Gasteiger partial charge in [0.25, 0.3) is 15.9 Å². The van der Waals surface area contributed by atoms with E-state index in [1.807, 2.05) is 6.92 Å². The summed E-state index contributed by atoms with van der Waals surface area (Å²) in [4.78, 5) is 17.4. The van der Waals surface area contributed by atoms with Gasteiger partial charge in [0, 0.05) is 25.6 Å². The van der Waals surface area contributed by atoms with E-state index in [0.717, 1.165) is 6.54 Å². The Morgan fingerprint density at radius 2 is 2.00 bits per heavy atom. The second kappa shape index (κ2) is 10.4. The number of fused-ring (bicyclic) bond motifs is 1. The minimum absolute atomic E-state index is 0.0399. The number of aliphatic hydroxyl groups is 1. The molecule has 0 spiro atoms. The Morgan fingerprint density at radius 1 is 1.28 bits per heavy atom. The molecule has 0 unspecified atom stereocenters. The van der Waals surface area contributed by atoms with E-state index in [1.54, 1.807) is 36.9 Å². The van der Waals surface area contributed by atoms with Crippen molar-refractivity contribution < 1.29 is 27.6 Å². The zero-order valence-electron chi connectivity index (χ0n) is 21.5. The second-order valence-corrected chi connectivity index (χ2v) is 11.8. The molecule has 2 N–H and O–H groups in total. The highest BCUT2D eigenvalue weighted by molar-refractivity contribution is 7.92. The summed E-state index contributed by atoms with van der Waals surface area (Å²) in [6.45, 7) is 8.73. The normalized spacial score (nSPS) is 21.5. The minimum atomic E-state index is -4.06. The Balaban J connectivity index is 1.74. The molecule has 3 atom stereocenters. The highest BCUT2D eigenvalue weighted by atomic mass is 32.2. The lowest BCUT2D eigenvalue weighted by molar-refractivity contribution is 0.0346. The molecule has 4 rings (SSSR count). The summed E-state index contributed by atoms with van der Waals surface area (Å²) >= 11 is 0. The fourth-order valence-corrected chi connectivity index (χ4v) is 6.11. The summed E-state index contributed by atoms with van der Waals surface area (Å²) in [6.07, 6.45) is 2.16. The van der Waals surface area contributed by atoms with Gasteiger partial charge >= 0.3 is 0 Å². The third-order valence-electron chi connectivity index (χ3n) is 6.93. The number of amides is 1. The van der Waals surface area contributed by atoms with Crippen LogP contribution in [0, 0.1) is 25.7 Å². The second-order valence-electron chi connectivity index (χ2n) is 10.2. The first-order valence-electron chi connectivity index (χ1n) is 12.4. The van der Waals surface area contributed by atoms with E-state index in [2.05, 4.69) is 21.8 Å². The van der Waals surface area contributed by atoms with E-state index in [-0.39, 0.29) is 57.9 Å². The molecule has 1 aliphatic carbocycles. The summed E-state index contributed by atoms with van der Waals surface area (Å²) in [5.41, 5.74) is 0.657. The summed E-state index contributed by atoms with van der Waals surface area (Å²) in [5, 5.41) is 13.6. The molecular formula is C25H36N4O6S. The number of ether oxygens (including phenoxy) is 1. The zero-order chi connectivity index (χ0) is 26.2. The number of sulfonamides is 1. The lowest BCUT2D eigenvalue weighted by Crippen LogP contribution is -2.50. The van der Waals surface area contributed by atoms with Gasteiger partial charge in [0.1, 0.15) is 11.8 Å². The number of aryl methyl sites for hydroxylation is 2. The number of hydrogen-bond donors (Lipinski definition) is 2. The van der Waals surface area contributed by atoms with Crippen molar-refractivity contribution in [1.82, 2.24) is 15.0 Å². The number of para-hydroxylation sites is 1. The van der Waals surface area contributed by atoms with Gasteiger partial charge in [0.05, 0.1) is 23.9 Å². The highest BCUT2D eigenvalue weighted by Crippen LogP contribution is 2.37. The summed E-state index contributed by atoms with van der Waals surface area (Å²) in [7, 11) is -2.01. The van der Waals surface area contributed by atoms with E-state index < -0.39 is 16.1 Å². The van der Waals surface area contributed by atoms with Gasteiger partial charge in [-0.05, 0) is 58.7 Å². The van der Waals surface area contributed by atoms with Crippen LogP contribution in [0.3, 0.4) is 0 Å². The van der Waals surface area contributed by atoms with Crippen molar-refractivity contribution in [2.24, 2.45) is 11.8 Å². The van der Waals surface area contributed by atoms with Gasteiger partial charge in [-0.2, -0.15) is 0 Å². The molecule has 0 radical (unpaired) electrons. The number of aliphatic hydroxyl groups excluding tert-OH is 1. The average molecular weight is 521 g/mol. The topological polar surface area (TPSA) is 125 Å². The molecule has 0 saturated heterocycles. The molecule has 1 amide bonds. The fourth-order valence-electron chi connectivity index (χ4n) is 4.72. The van der Waals surface area contributed by atoms with Crippen molar-refractivity contribution in [3.05, 3.63) is 35.2 Å². The van der Waals surface area contributed by atoms with Crippen molar-refractivity contribution in [3.8, 4) is 5.75 Å². The van der Waals surface area contributed by atoms with Gasteiger partial charge < -0.3 is 24.2 Å². The zero-order valence-corrected chi connectivity index (χ0v) is 22.3. The van der Waals surface area contributed by atoms with E-state index in [4.69, 9.17) is 9.26 Å². The largest absolute Gasteiger partial charge is 0.486 e. The van der Waals surface area contributed by atoms with Gasteiger partial charge in [-0.1, -0.05) is 18.1 Å². The number of carbonyl (C=O) groups is 1. The Morgan fingerprint density at radius 3 is 2.61 bits per heavy atom. The van der Waals surface area contributed by atoms with Crippen LogP contribution in [-0.2, 0) is 10.0 Å². The van der Waals surface area contributed by atoms with Gasteiger partial charge in [-0.25, -0.2) is 8.42 Å². The number of carbonyl (C=O) groups excluding carboxylic acids is 1. The van der Waals surface area contributed by atoms with Gasteiger partial charge in [0.15, 0.2) is 16.4 Å². The molecule has 10 nitrogen and oxygen atoms in total. The molecule has 198 valence electrons.